The average molecular weight is 1250 g/mol. The van der Waals surface area contributed by atoms with Gasteiger partial charge in [-0.05, 0) is 167 Å². The van der Waals surface area contributed by atoms with Crippen LogP contribution in [0.2, 0.25) is 0 Å². The molecule has 0 bridgehead atoms. The van der Waals surface area contributed by atoms with Crippen LogP contribution in [0.15, 0.2) is 153 Å². The fraction of sp³-hybridized carbons (Fsp3) is 0.411. The van der Waals surface area contributed by atoms with E-state index in [1.54, 1.807) is 97.1 Å². The molecule has 5 aromatic carbocycles. The summed E-state index contributed by atoms with van der Waals surface area (Å²) >= 11 is 0. The van der Waals surface area contributed by atoms with Crippen molar-refractivity contribution in [1.82, 2.24) is 0 Å². The van der Waals surface area contributed by atoms with E-state index in [1.165, 1.54) is 30.4 Å². The second kappa shape index (κ2) is 44.3. The lowest BCUT2D eigenvalue weighted by Gasteiger charge is -2.13. The number of benzene rings is 5. The van der Waals surface area contributed by atoms with Gasteiger partial charge in [-0.15, -0.1) is 0 Å². The molecular weight excluding hydrogens is 1160 g/mol. The summed E-state index contributed by atoms with van der Waals surface area (Å²) in [4.78, 5) is 87.1. The highest BCUT2D eigenvalue weighted by Gasteiger charge is 2.21. The third-order valence-corrected chi connectivity index (χ3v) is 14.1. The molecule has 18 heteroatoms. The Labute approximate surface area is 535 Å². The molecule has 0 saturated heterocycles. The largest absolute Gasteiger partial charge is 0.494 e. The van der Waals surface area contributed by atoms with E-state index in [-0.39, 0.29) is 59.1 Å². The quantitative estimate of drug-likeness (QED) is 0.0116. The standard InChI is InChI=1S/C73H88O18/c1-4-67(74)85-50-26-19-15-11-7-9-13-17-23-47-81-60-37-31-57(32-38-60)71(78)90-64-45-46-66(91-72(79)58-33-39-61(40-34-58)82-48-24-18-14-10-8-12-16-20-27-51-86-68(75)5-2)65(55-64)73(80)88-54-53-84-62-41-43-63(44-42-62)89-70(77)56-29-35-59(36-30-56)83-49-25-21-22-28-52-87-69(76)6-3/h4-6,29-46,55H,1-3,7-28,47-54H2. The highest BCUT2D eigenvalue weighted by molar-refractivity contribution is 5.97. The second-order valence-electron chi connectivity index (χ2n) is 21.3. The van der Waals surface area contributed by atoms with E-state index in [0.717, 1.165) is 147 Å². The Kier molecular flexibility index (Phi) is 35.3. The summed E-state index contributed by atoms with van der Waals surface area (Å²) in [7, 11) is 0. The van der Waals surface area contributed by atoms with Gasteiger partial charge < -0.3 is 52.1 Å². The van der Waals surface area contributed by atoms with E-state index in [4.69, 9.17) is 52.1 Å². The van der Waals surface area contributed by atoms with Crippen molar-refractivity contribution in [2.24, 2.45) is 0 Å². The van der Waals surface area contributed by atoms with Crippen molar-refractivity contribution in [3.05, 3.63) is 175 Å². The zero-order chi connectivity index (χ0) is 64.9. The van der Waals surface area contributed by atoms with Gasteiger partial charge in [0.15, 0.2) is 0 Å². The Balaban J connectivity index is 1.08. The molecule has 0 unspecified atom stereocenters. The number of rotatable bonds is 48. The van der Waals surface area contributed by atoms with Crippen LogP contribution >= 0.6 is 0 Å². The van der Waals surface area contributed by atoms with Crippen molar-refractivity contribution in [3.8, 4) is 40.2 Å². The minimum absolute atomic E-state index is 0.00722. The predicted octanol–water partition coefficient (Wildman–Crippen LogP) is 15.5. The molecule has 5 rings (SSSR count). The molecule has 0 fully saturated rings. The first-order chi connectivity index (χ1) is 44.4. The number of carbonyl (C=O) groups is 7. The third kappa shape index (κ3) is 30.7. The molecule has 0 aliphatic rings. The number of ether oxygens (including phenoxy) is 11. The molecule has 91 heavy (non-hydrogen) atoms. The number of esters is 7. The van der Waals surface area contributed by atoms with Crippen LogP contribution in [0.3, 0.4) is 0 Å². The van der Waals surface area contributed by atoms with Crippen LogP contribution in [-0.4, -0.2) is 94.6 Å². The summed E-state index contributed by atoms with van der Waals surface area (Å²) in [6.45, 7) is 12.7. The summed E-state index contributed by atoms with van der Waals surface area (Å²) in [6, 6.07) is 30.0. The first kappa shape index (κ1) is 72.6. The van der Waals surface area contributed by atoms with E-state index < -0.39 is 29.8 Å². The van der Waals surface area contributed by atoms with Gasteiger partial charge in [-0.25, -0.2) is 33.6 Å². The normalized spacial score (nSPS) is 10.6. The molecule has 0 amide bonds. The van der Waals surface area contributed by atoms with Crippen LogP contribution in [0, 0.1) is 0 Å². The Bertz CT molecular complexity index is 3010. The first-order valence-corrected chi connectivity index (χ1v) is 31.7. The van der Waals surface area contributed by atoms with E-state index in [2.05, 4.69) is 19.7 Å². The van der Waals surface area contributed by atoms with Gasteiger partial charge in [-0.3, -0.25) is 0 Å². The molecule has 0 spiro atoms. The monoisotopic (exact) mass is 1250 g/mol. The summed E-state index contributed by atoms with van der Waals surface area (Å²) < 4.78 is 61.1. The summed E-state index contributed by atoms with van der Waals surface area (Å²) in [5, 5.41) is 0. The number of hydrogen-bond acceptors (Lipinski definition) is 18. The van der Waals surface area contributed by atoms with Crippen LogP contribution in [-0.2, 0) is 33.3 Å². The van der Waals surface area contributed by atoms with Crippen molar-refractivity contribution < 1.29 is 85.7 Å². The van der Waals surface area contributed by atoms with Gasteiger partial charge in [0.25, 0.3) is 0 Å². The summed E-state index contributed by atoms with van der Waals surface area (Å²) in [5.41, 5.74) is 0.580. The lowest BCUT2D eigenvalue weighted by molar-refractivity contribution is -0.138. The Morgan fingerprint density at radius 3 is 0.890 bits per heavy atom. The third-order valence-electron chi connectivity index (χ3n) is 14.1. The Morgan fingerprint density at radius 1 is 0.264 bits per heavy atom. The summed E-state index contributed by atoms with van der Waals surface area (Å²) in [5.74, 6) is -1.74. The highest BCUT2D eigenvalue weighted by atomic mass is 16.6. The molecule has 0 aliphatic heterocycles. The van der Waals surface area contributed by atoms with E-state index in [9.17, 15) is 33.6 Å². The highest BCUT2D eigenvalue weighted by Crippen LogP contribution is 2.29. The maximum absolute atomic E-state index is 13.8. The van der Waals surface area contributed by atoms with E-state index in [1.807, 2.05) is 0 Å². The zero-order valence-electron chi connectivity index (χ0n) is 52.4. The zero-order valence-corrected chi connectivity index (χ0v) is 52.4. The fourth-order valence-electron chi connectivity index (χ4n) is 9.06. The Hall–Kier alpha value is -9.19. The van der Waals surface area contributed by atoms with Crippen LogP contribution in [0.4, 0.5) is 0 Å². The summed E-state index contributed by atoms with van der Waals surface area (Å²) in [6.07, 6.45) is 25.8. The molecule has 5 aromatic rings. The van der Waals surface area contributed by atoms with Gasteiger partial charge in [0.1, 0.15) is 59.0 Å². The molecule has 0 radical (unpaired) electrons. The maximum Gasteiger partial charge on any atom is 0.343 e. The number of hydrogen-bond donors (Lipinski definition) is 0. The SMILES string of the molecule is C=CC(=O)OCCCCCCCCCCCOc1ccc(C(=O)Oc2ccc(OC(=O)c3ccc(OCCCCCCCCCCCOC(=O)C=C)cc3)c(C(=O)OCCOc3ccc(OC(=O)c4ccc(OCCCCCCOC(=O)C=C)cc4)cc3)c2)cc1. The molecule has 0 heterocycles. The fourth-order valence-corrected chi connectivity index (χ4v) is 9.06. The lowest BCUT2D eigenvalue weighted by atomic mass is 10.1. The van der Waals surface area contributed by atoms with Gasteiger partial charge in [0.05, 0.1) is 56.3 Å². The van der Waals surface area contributed by atoms with E-state index >= 15 is 0 Å². The molecule has 0 aromatic heterocycles. The number of carbonyl (C=O) groups excluding carboxylic acids is 7. The molecule has 0 aliphatic carbocycles. The van der Waals surface area contributed by atoms with Gasteiger partial charge in [0.2, 0.25) is 0 Å². The van der Waals surface area contributed by atoms with E-state index in [0.29, 0.717) is 68.2 Å². The van der Waals surface area contributed by atoms with Crippen LogP contribution in [0.25, 0.3) is 0 Å². The van der Waals surface area contributed by atoms with Crippen molar-refractivity contribution in [1.29, 1.82) is 0 Å². The first-order valence-electron chi connectivity index (χ1n) is 31.7. The topological polar surface area (TPSA) is 221 Å². The van der Waals surface area contributed by atoms with Crippen LogP contribution in [0.1, 0.15) is 183 Å². The second-order valence-corrected chi connectivity index (χ2v) is 21.3. The molecule has 0 N–H and O–H groups in total. The van der Waals surface area contributed by atoms with Gasteiger partial charge in [-0.2, -0.15) is 0 Å². The average Bonchev–Trinajstić information content (AvgIpc) is 3.23. The van der Waals surface area contributed by atoms with Gasteiger partial charge in [-0.1, -0.05) is 110 Å². The molecule has 0 saturated carbocycles. The van der Waals surface area contributed by atoms with Crippen LogP contribution < -0.4 is 33.2 Å². The Morgan fingerprint density at radius 2 is 0.538 bits per heavy atom. The predicted molar refractivity (Wildman–Crippen MR) is 344 cm³/mol. The van der Waals surface area contributed by atoms with Crippen molar-refractivity contribution in [2.45, 2.75) is 141 Å². The smallest absolute Gasteiger partial charge is 0.343 e. The number of unbranched alkanes of at least 4 members (excludes halogenated alkanes) is 19. The van der Waals surface area contributed by atoms with Crippen LogP contribution in [0.5, 0.6) is 40.2 Å². The lowest BCUT2D eigenvalue weighted by Crippen LogP contribution is -2.16. The molecular formula is C73H88O18. The van der Waals surface area contributed by atoms with Crippen molar-refractivity contribution in [3.63, 3.8) is 0 Å². The van der Waals surface area contributed by atoms with Crippen molar-refractivity contribution in [2.75, 3.05) is 52.9 Å². The molecule has 488 valence electrons. The molecule has 18 nitrogen and oxygen atoms in total. The molecule has 0 atom stereocenters. The van der Waals surface area contributed by atoms with Gasteiger partial charge >= 0.3 is 41.8 Å². The van der Waals surface area contributed by atoms with Crippen molar-refractivity contribution >= 4 is 41.8 Å². The maximum atomic E-state index is 13.8. The minimum atomic E-state index is -0.882. The minimum Gasteiger partial charge on any atom is -0.494 e. The van der Waals surface area contributed by atoms with Gasteiger partial charge in [0, 0.05) is 18.2 Å².